The second kappa shape index (κ2) is 11.0. The predicted octanol–water partition coefficient (Wildman–Crippen LogP) is 3.33. The van der Waals surface area contributed by atoms with E-state index in [4.69, 9.17) is 23.2 Å². The average Bonchev–Trinajstić information content (AvgIpc) is 3.19. The van der Waals surface area contributed by atoms with Crippen molar-refractivity contribution in [1.82, 2.24) is 14.6 Å². The summed E-state index contributed by atoms with van der Waals surface area (Å²) in [6, 6.07) is 14.0. The number of likely N-dealkylation sites (N-methyl/N-ethyl adjacent to an activating group) is 1. The highest BCUT2D eigenvalue weighted by Gasteiger charge is 2.37. The Labute approximate surface area is 204 Å². The molecule has 2 aromatic rings. The molecule has 1 atom stereocenters. The zero-order valence-electron chi connectivity index (χ0n) is 18.2. The van der Waals surface area contributed by atoms with Crippen LogP contribution in [0.2, 0.25) is 10.0 Å². The van der Waals surface area contributed by atoms with Crippen molar-refractivity contribution in [2.24, 2.45) is 10.1 Å². The van der Waals surface area contributed by atoms with Gasteiger partial charge in [-0.25, -0.2) is 13.4 Å². The van der Waals surface area contributed by atoms with Crippen LogP contribution in [-0.2, 0) is 16.4 Å². The second-order valence-electron chi connectivity index (χ2n) is 7.37. The van der Waals surface area contributed by atoms with Gasteiger partial charge < -0.3 is 0 Å². The Bertz CT molecular complexity index is 1170. The zero-order chi connectivity index (χ0) is 24.0. The van der Waals surface area contributed by atoms with E-state index in [-0.39, 0.29) is 19.0 Å². The number of sulfonamides is 1. The summed E-state index contributed by atoms with van der Waals surface area (Å²) in [4.78, 5) is 4.52. The van der Waals surface area contributed by atoms with Crippen LogP contribution in [0.15, 0.2) is 58.6 Å². The molecule has 3 rings (SSSR count). The van der Waals surface area contributed by atoms with Crippen LogP contribution >= 0.6 is 23.2 Å². The summed E-state index contributed by atoms with van der Waals surface area (Å²) in [6.45, 7) is 2.67. The molecule has 0 fully saturated rings. The molecule has 0 saturated heterocycles. The van der Waals surface area contributed by atoms with Gasteiger partial charge in [-0.1, -0.05) is 54.4 Å². The largest absolute Gasteiger partial charge is 0.261 e. The fourth-order valence-electron chi connectivity index (χ4n) is 3.58. The first-order valence-corrected chi connectivity index (χ1v) is 12.9. The van der Waals surface area contributed by atoms with Gasteiger partial charge in [0, 0.05) is 23.1 Å². The zero-order valence-corrected chi connectivity index (χ0v) is 20.6. The van der Waals surface area contributed by atoms with Crippen LogP contribution in [0.1, 0.15) is 18.1 Å². The third kappa shape index (κ3) is 6.45. The van der Waals surface area contributed by atoms with Crippen molar-refractivity contribution in [3.8, 4) is 6.19 Å². The first kappa shape index (κ1) is 25.0. The summed E-state index contributed by atoms with van der Waals surface area (Å²) in [7, 11) is -3.50. The van der Waals surface area contributed by atoms with Gasteiger partial charge in [0.2, 0.25) is 16.0 Å². The number of aliphatic imine (C=N–C) groups is 1. The van der Waals surface area contributed by atoms with Crippen LogP contribution in [-0.4, -0.2) is 61.3 Å². The van der Waals surface area contributed by atoms with Crippen molar-refractivity contribution in [1.29, 1.82) is 5.26 Å². The van der Waals surface area contributed by atoms with Crippen LogP contribution in [0.4, 0.5) is 0 Å². The fraction of sp³-hybridized carbons (Fsp3) is 0.318. The molecule has 0 amide bonds. The lowest BCUT2D eigenvalue weighted by atomic mass is 10.0. The maximum absolute atomic E-state index is 12.5. The lowest BCUT2D eigenvalue weighted by molar-refractivity contribution is 0.349. The summed E-state index contributed by atoms with van der Waals surface area (Å²) in [5.41, 5.74) is 2.36. The number of nitrogens with one attached hydrogen (secondary N) is 1. The first-order chi connectivity index (χ1) is 15.7. The van der Waals surface area contributed by atoms with E-state index in [9.17, 15) is 13.7 Å². The lowest BCUT2D eigenvalue weighted by Gasteiger charge is -2.26. The van der Waals surface area contributed by atoms with E-state index in [1.807, 2.05) is 30.5 Å². The second-order valence-corrected chi connectivity index (χ2v) is 10.2. The molecule has 0 spiro atoms. The monoisotopic (exact) mass is 506 g/mol. The predicted molar refractivity (Wildman–Crippen MR) is 132 cm³/mol. The van der Waals surface area contributed by atoms with E-state index in [2.05, 4.69) is 15.4 Å². The number of nitrogens with zero attached hydrogens (tertiary/aromatic N) is 5. The van der Waals surface area contributed by atoms with Crippen molar-refractivity contribution in [3.05, 3.63) is 69.7 Å². The van der Waals surface area contributed by atoms with Gasteiger partial charge in [-0.05, 0) is 41.8 Å². The molecule has 1 aliphatic heterocycles. The molecule has 0 aliphatic carbocycles. The van der Waals surface area contributed by atoms with Gasteiger partial charge in [0.1, 0.15) is 0 Å². The molecule has 8 nitrogen and oxygen atoms in total. The van der Waals surface area contributed by atoms with E-state index in [0.29, 0.717) is 28.7 Å². The average molecular weight is 507 g/mol. The molecule has 1 unspecified atom stereocenters. The first-order valence-electron chi connectivity index (χ1n) is 10.3. The molecule has 0 aromatic heterocycles. The van der Waals surface area contributed by atoms with Crippen molar-refractivity contribution < 1.29 is 8.42 Å². The van der Waals surface area contributed by atoms with Crippen LogP contribution in [0.3, 0.4) is 0 Å². The SMILES string of the molecule is CCN(C1CN(C(=NCCc2ccc(Cl)cc2)NC#N)N=C1c1ccc(Cl)cc1)S(C)(=O)=O. The third-order valence-corrected chi connectivity index (χ3v) is 6.97. The molecule has 33 heavy (non-hydrogen) atoms. The highest BCUT2D eigenvalue weighted by Crippen LogP contribution is 2.22. The molecule has 1 N–H and O–H groups in total. The number of halogens is 2. The molecule has 11 heteroatoms. The van der Waals surface area contributed by atoms with Crippen molar-refractivity contribution in [2.45, 2.75) is 19.4 Å². The Morgan fingerprint density at radius 3 is 2.36 bits per heavy atom. The lowest BCUT2D eigenvalue weighted by Crippen LogP contribution is -2.47. The van der Waals surface area contributed by atoms with Crippen molar-refractivity contribution >= 4 is 44.9 Å². The van der Waals surface area contributed by atoms with Gasteiger partial charge in [0.15, 0.2) is 6.19 Å². The van der Waals surface area contributed by atoms with E-state index >= 15 is 0 Å². The number of benzene rings is 2. The van der Waals surface area contributed by atoms with Crippen LogP contribution < -0.4 is 5.32 Å². The summed E-state index contributed by atoms with van der Waals surface area (Å²) in [5.74, 6) is 0.255. The minimum atomic E-state index is -3.50. The molecule has 0 saturated carbocycles. The van der Waals surface area contributed by atoms with Crippen molar-refractivity contribution in [3.63, 3.8) is 0 Å². The molecule has 174 valence electrons. The number of hydrazone groups is 1. The van der Waals surface area contributed by atoms with Gasteiger partial charge >= 0.3 is 0 Å². The summed E-state index contributed by atoms with van der Waals surface area (Å²) in [5, 5.41) is 19.2. The van der Waals surface area contributed by atoms with E-state index < -0.39 is 16.1 Å². The van der Waals surface area contributed by atoms with Gasteiger partial charge in [-0.15, -0.1) is 0 Å². The number of hydrogen-bond acceptors (Lipinski definition) is 5. The highest BCUT2D eigenvalue weighted by atomic mass is 35.5. The smallest absolute Gasteiger partial charge is 0.228 e. The highest BCUT2D eigenvalue weighted by molar-refractivity contribution is 7.88. The Morgan fingerprint density at radius 1 is 1.21 bits per heavy atom. The Balaban J connectivity index is 1.90. The number of rotatable bonds is 7. The minimum Gasteiger partial charge on any atom is -0.261 e. The van der Waals surface area contributed by atoms with Gasteiger partial charge in [-0.3, -0.25) is 10.3 Å². The summed E-state index contributed by atoms with van der Waals surface area (Å²) in [6.07, 6.45) is 3.71. The quantitative estimate of drug-likeness (QED) is 0.268. The number of hydrogen-bond donors (Lipinski definition) is 1. The van der Waals surface area contributed by atoms with Gasteiger partial charge in [0.25, 0.3) is 0 Å². The van der Waals surface area contributed by atoms with Crippen LogP contribution in [0, 0.1) is 11.5 Å². The molecule has 0 radical (unpaired) electrons. The number of nitriles is 1. The maximum Gasteiger partial charge on any atom is 0.228 e. The summed E-state index contributed by atoms with van der Waals surface area (Å²) < 4.78 is 26.3. The molecule has 1 aliphatic rings. The maximum atomic E-state index is 12.5. The minimum absolute atomic E-state index is 0.216. The fourth-order valence-corrected chi connectivity index (χ4v) is 4.93. The van der Waals surface area contributed by atoms with E-state index in [1.54, 1.807) is 31.2 Å². The van der Waals surface area contributed by atoms with Gasteiger partial charge in [-0.2, -0.15) is 14.7 Å². The normalized spacial score (nSPS) is 16.6. The van der Waals surface area contributed by atoms with Crippen molar-refractivity contribution in [2.75, 3.05) is 25.9 Å². The van der Waals surface area contributed by atoms with E-state index in [0.717, 1.165) is 11.1 Å². The molecule has 1 heterocycles. The standard InChI is InChI=1S/C22H24Cl2N6O2S/c1-3-30(33(2,31)32)20-14-29(28-21(20)17-6-10-19(24)11-7-17)22(27-15-25)26-13-12-16-4-8-18(23)9-5-16/h4-11,20H,3,12-14H2,1-2H3,(H,26,27). The molecule has 2 aromatic carbocycles. The van der Waals surface area contributed by atoms with Gasteiger partial charge in [0.05, 0.1) is 24.6 Å². The van der Waals surface area contributed by atoms with E-state index in [1.165, 1.54) is 15.6 Å². The Morgan fingerprint density at radius 2 is 1.82 bits per heavy atom. The van der Waals surface area contributed by atoms with Crippen LogP contribution in [0.5, 0.6) is 0 Å². The molecule has 0 bridgehead atoms. The topological polar surface area (TPSA) is 101 Å². The summed E-state index contributed by atoms with van der Waals surface area (Å²) >= 11 is 12.0. The molecular weight excluding hydrogens is 483 g/mol. The number of guanidine groups is 1. The molecular formula is C22H24Cl2N6O2S. The Hall–Kier alpha value is -2.64. The third-order valence-electron chi connectivity index (χ3n) is 5.10. The Kier molecular flexibility index (Phi) is 8.32. The van der Waals surface area contributed by atoms with Crippen LogP contribution in [0.25, 0.3) is 0 Å².